The summed E-state index contributed by atoms with van der Waals surface area (Å²) in [5, 5.41) is 0. The van der Waals surface area contributed by atoms with Crippen LogP contribution in [0, 0.1) is 5.82 Å². The van der Waals surface area contributed by atoms with Gasteiger partial charge in [0, 0.05) is 6.07 Å². The maximum Gasteiger partial charge on any atom is 0.215 e. The van der Waals surface area contributed by atoms with Gasteiger partial charge in [-0.15, -0.1) is 0 Å². The summed E-state index contributed by atoms with van der Waals surface area (Å²) in [6.45, 7) is 0. The molecule has 0 radical (unpaired) electrons. The van der Waals surface area contributed by atoms with E-state index < -0.39 is 5.54 Å². The fourth-order valence-electron chi connectivity index (χ4n) is 2.33. The van der Waals surface area contributed by atoms with Crippen molar-refractivity contribution in [2.24, 2.45) is 5.73 Å². The fraction of sp³-hybridized carbons (Fsp3) is 0.417. The number of rotatable bonds is 1. The zero-order valence-electron chi connectivity index (χ0n) is 8.87. The van der Waals surface area contributed by atoms with Crippen molar-refractivity contribution >= 4 is 11.1 Å². The van der Waals surface area contributed by atoms with E-state index in [0.29, 0.717) is 17.0 Å². The molecule has 0 atom stereocenters. The van der Waals surface area contributed by atoms with Crippen molar-refractivity contribution in [3.63, 3.8) is 0 Å². The number of benzene rings is 1. The minimum absolute atomic E-state index is 0.301. The molecular formula is C12H13FN2O. The Hall–Kier alpha value is -1.42. The Kier molecular flexibility index (Phi) is 2.01. The van der Waals surface area contributed by atoms with Gasteiger partial charge in [-0.2, -0.15) is 0 Å². The number of nitrogens with two attached hydrogens (primary N) is 1. The molecule has 1 heterocycles. The minimum atomic E-state index is -0.449. The molecule has 2 N–H and O–H groups in total. The summed E-state index contributed by atoms with van der Waals surface area (Å²) in [6, 6.07) is 4.34. The van der Waals surface area contributed by atoms with Gasteiger partial charge in [0.15, 0.2) is 5.58 Å². The van der Waals surface area contributed by atoms with E-state index in [9.17, 15) is 4.39 Å². The first-order valence-corrected chi connectivity index (χ1v) is 5.53. The molecule has 1 aliphatic rings. The predicted molar refractivity (Wildman–Crippen MR) is 58.3 cm³/mol. The van der Waals surface area contributed by atoms with Crippen molar-refractivity contribution in [1.82, 2.24) is 4.98 Å². The Labute approximate surface area is 92.5 Å². The van der Waals surface area contributed by atoms with Gasteiger partial charge >= 0.3 is 0 Å². The topological polar surface area (TPSA) is 52.0 Å². The molecule has 3 nitrogen and oxygen atoms in total. The summed E-state index contributed by atoms with van der Waals surface area (Å²) in [6.07, 6.45) is 3.98. The number of hydrogen-bond donors (Lipinski definition) is 1. The lowest BCUT2D eigenvalue weighted by Crippen LogP contribution is -2.33. The minimum Gasteiger partial charge on any atom is -0.439 e. The second kappa shape index (κ2) is 3.28. The lowest BCUT2D eigenvalue weighted by molar-refractivity contribution is 0.346. The van der Waals surface area contributed by atoms with E-state index in [1.165, 1.54) is 12.1 Å². The van der Waals surface area contributed by atoms with Crippen molar-refractivity contribution in [2.75, 3.05) is 0 Å². The molecule has 1 aromatic heterocycles. The standard InChI is InChI=1S/C12H13FN2O/c13-8-3-4-10-9(7-8)15-11(16-10)12(14)5-1-2-6-12/h3-4,7H,1-2,5-6,14H2. The average Bonchev–Trinajstić information content (AvgIpc) is 2.84. The molecule has 1 fully saturated rings. The maximum atomic E-state index is 13.0. The molecule has 0 unspecified atom stereocenters. The molecule has 2 aromatic rings. The van der Waals surface area contributed by atoms with Crippen LogP contribution in [-0.2, 0) is 5.54 Å². The molecule has 0 spiro atoms. The van der Waals surface area contributed by atoms with E-state index in [1.54, 1.807) is 6.07 Å². The molecule has 0 amide bonds. The second-order valence-electron chi connectivity index (χ2n) is 4.49. The van der Waals surface area contributed by atoms with Gasteiger partial charge in [0.25, 0.3) is 0 Å². The van der Waals surface area contributed by atoms with Crippen LogP contribution in [0.2, 0.25) is 0 Å². The molecule has 0 aliphatic heterocycles. The third kappa shape index (κ3) is 1.41. The number of oxazole rings is 1. The number of aromatic nitrogens is 1. The summed E-state index contributed by atoms with van der Waals surface area (Å²) in [7, 11) is 0. The lowest BCUT2D eigenvalue weighted by Gasteiger charge is -2.18. The quantitative estimate of drug-likeness (QED) is 0.803. The molecule has 1 aromatic carbocycles. The van der Waals surface area contributed by atoms with Crippen LogP contribution >= 0.6 is 0 Å². The van der Waals surface area contributed by atoms with Crippen molar-refractivity contribution in [2.45, 2.75) is 31.2 Å². The first-order chi connectivity index (χ1) is 7.67. The highest BCUT2D eigenvalue weighted by molar-refractivity contribution is 5.72. The van der Waals surface area contributed by atoms with Gasteiger partial charge in [0.05, 0.1) is 5.54 Å². The van der Waals surface area contributed by atoms with Crippen LogP contribution in [0.4, 0.5) is 4.39 Å². The van der Waals surface area contributed by atoms with E-state index in [2.05, 4.69) is 4.98 Å². The third-order valence-electron chi connectivity index (χ3n) is 3.27. The number of halogens is 1. The molecule has 0 bridgehead atoms. The van der Waals surface area contributed by atoms with E-state index in [1.807, 2.05) is 0 Å². The van der Waals surface area contributed by atoms with Crippen molar-refractivity contribution < 1.29 is 8.81 Å². The highest BCUT2D eigenvalue weighted by atomic mass is 19.1. The summed E-state index contributed by atoms with van der Waals surface area (Å²) in [4.78, 5) is 4.30. The maximum absolute atomic E-state index is 13.0. The van der Waals surface area contributed by atoms with Crippen LogP contribution in [-0.4, -0.2) is 4.98 Å². The summed E-state index contributed by atoms with van der Waals surface area (Å²) in [5.41, 5.74) is 6.94. The molecule has 4 heteroatoms. The molecule has 1 aliphatic carbocycles. The molecule has 16 heavy (non-hydrogen) atoms. The van der Waals surface area contributed by atoms with Crippen LogP contribution < -0.4 is 5.73 Å². The van der Waals surface area contributed by atoms with Gasteiger partial charge in [0.2, 0.25) is 5.89 Å². The Morgan fingerprint density at radius 2 is 2.06 bits per heavy atom. The van der Waals surface area contributed by atoms with Crippen molar-refractivity contribution in [3.05, 3.63) is 29.9 Å². The van der Waals surface area contributed by atoms with Crippen molar-refractivity contribution in [3.8, 4) is 0 Å². The highest BCUT2D eigenvalue weighted by Crippen LogP contribution is 2.36. The Morgan fingerprint density at radius 1 is 1.31 bits per heavy atom. The number of hydrogen-bond acceptors (Lipinski definition) is 3. The normalized spacial score (nSPS) is 19.4. The second-order valence-corrected chi connectivity index (χ2v) is 4.49. The first kappa shape index (κ1) is 9.78. The van der Waals surface area contributed by atoms with Crippen LogP contribution in [0.15, 0.2) is 22.6 Å². The highest BCUT2D eigenvalue weighted by Gasteiger charge is 2.36. The lowest BCUT2D eigenvalue weighted by atomic mass is 10.00. The van der Waals surface area contributed by atoms with E-state index in [4.69, 9.17) is 10.2 Å². The molecule has 84 valence electrons. The van der Waals surface area contributed by atoms with Crippen LogP contribution in [0.25, 0.3) is 11.1 Å². The zero-order valence-corrected chi connectivity index (χ0v) is 8.87. The van der Waals surface area contributed by atoms with Crippen LogP contribution in [0.5, 0.6) is 0 Å². The van der Waals surface area contributed by atoms with Crippen LogP contribution in [0.3, 0.4) is 0 Å². The van der Waals surface area contributed by atoms with E-state index in [0.717, 1.165) is 25.7 Å². The van der Waals surface area contributed by atoms with Crippen molar-refractivity contribution in [1.29, 1.82) is 0 Å². The van der Waals surface area contributed by atoms with E-state index in [-0.39, 0.29) is 5.82 Å². The molecule has 1 saturated carbocycles. The van der Waals surface area contributed by atoms with Crippen LogP contribution in [0.1, 0.15) is 31.6 Å². The first-order valence-electron chi connectivity index (χ1n) is 5.53. The van der Waals surface area contributed by atoms with Gasteiger partial charge in [-0.1, -0.05) is 12.8 Å². The van der Waals surface area contributed by atoms with Gasteiger partial charge in [-0.3, -0.25) is 0 Å². The molecular weight excluding hydrogens is 207 g/mol. The van der Waals surface area contributed by atoms with E-state index >= 15 is 0 Å². The summed E-state index contributed by atoms with van der Waals surface area (Å²) < 4.78 is 18.6. The molecule has 0 saturated heterocycles. The summed E-state index contributed by atoms with van der Waals surface area (Å²) in [5.74, 6) is 0.246. The van der Waals surface area contributed by atoms with Gasteiger partial charge in [0.1, 0.15) is 11.3 Å². The Bertz CT molecular complexity index is 529. The SMILES string of the molecule is NC1(c2nc3cc(F)ccc3o2)CCCC1. The average molecular weight is 220 g/mol. The van der Waals surface area contributed by atoms with Gasteiger partial charge < -0.3 is 10.2 Å². The smallest absolute Gasteiger partial charge is 0.215 e. The summed E-state index contributed by atoms with van der Waals surface area (Å²) >= 11 is 0. The molecule has 3 rings (SSSR count). The third-order valence-corrected chi connectivity index (χ3v) is 3.27. The Morgan fingerprint density at radius 3 is 2.81 bits per heavy atom. The monoisotopic (exact) mass is 220 g/mol. The Balaban J connectivity index is 2.11. The zero-order chi connectivity index (χ0) is 11.2. The fourth-order valence-corrected chi connectivity index (χ4v) is 2.33. The largest absolute Gasteiger partial charge is 0.439 e. The van der Waals surface area contributed by atoms with Gasteiger partial charge in [-0.05, 0) is 25.0 Å². The predicted octanol–water partition coefficient (Wildman–Crippen LogP) is 2.69. The number of fused-ring (bicyclic) bond motifs is 1. The number of nitrogens with zero attached hydrogens (tertiary/aromatic N) is 1. The van der Waals surface area contributed by atoms with Gasteiger partial charge in [-0.25, -0.2) is 9.37 Å².